The fourth-order valence-corrected chi connectivity index (χ4v) is 1.91. The second kappa shape index (κ2) is 7.98. The van der Waals surface area contributed by atoms with Crippen LogP contribution in [-0.4, -0.2) is 23.7 Å². The second-order valence-corrected chi connectivity index (χ2v) is 5.46. The minimum absolute atomic E-state index is 0.0417. The normalized spacial score (nSPS) is 11.7. The molecule has 19 heavy (non-hydrogen) atoms. The van der Waals surface area contributed by atoms with Gasteiger partial charge < -0.3 is 15.7 Å². The standard InChI is InChI=1S/C13H17IN2O3/c1-2-9(7-12(17)18)8-15-13(19)16-11-5-3-10(14)4-6-11/h3-6,9H,2,7-8H2,1H3,(H,17,18)(H2,15,16,19). The summed E-state index contributed by atoms with van der Waals surface area (Å²) in [5, 5.41) is 14.1. The smallest absolute Gasteiger partial charge is 0.319 e. The number of benzene rings is 1. The van der Waals surface area contributed by atoms with Crippen LogP contribution in [0.2, 0.25) is 0 Å². The molecule has 0 radical (unpaired) electrons. The maximum absolute atomic E-state index is 11.6. The minimum Gasteiger partial charge on any atom is -0.481 e. The predicted molar refractivity (Wildman–Crippen MR) is 82.2 cm³/mol. The summed E-state index contributed by atoms with van der Waals surface area (Å²) in [4.78, 5) is 22.2. The zero-order chi connectivity index (χ0) is 14.3. The summed E-state index contributed by atoms with van der Waals surface area (Å²) in [7, 11) is 0. The van der Waals surface area contributed by atoms with Crippen molar-refractivity contribution in [3.63, 3.8) is 0 Å². The van der Waals surface area contributed by atoms with Crippen LogP contribution >= 0.6 is 22.6 Å². The number of carbonyl (C=O) groups excluding carboxylic acids is 1. The topological polar surface area (TPSA) is 78.4 Å². The number of aliphatic carboxylic acids is 1. The molecule has 104 valence electrons. The number of hydrogen-bond donors (Lipinski definition) is 3. The van der Waals surface area contributed by atoms with Gasteiger partial charge >= 0.3 is 12.0 Å². The van der Waals surface area contributed by atoms with E-state index in [1.54, 1.807) is 0 Å². The van der Waals surface area contributed by atoms with Crippen molar-refractivity contribution >= 4 is 40.3 Å². The lowest BCUT2D eigenvalue weighted by Crippen LogP contribution is -2.33. The molecular formula is C13H17IN2O3. The third-order valence-electron chi connectivity index (χ3n) is 2.69. The van der Waals surface area contributed by atoms with Crippen LogP contribution in [0, 0.1) is 9.49 Å². The fraction of sp³-hybridized carbons (Fsp3) is 0.385. The quantitative estimate of drug-likeness (QED) is 0.668. The van der Waals surface area contributed by atoms with Gasteiger partial charge in [0.15, 0.2) is 0 Å². The number of carboxylic acids is 1. The third kappa shape index (κ3) is 6.42. The molecule has 6 heteroatoms. The molecule has 0 saturated carbocycles. The lowest BCUT2D eigenvalue weighted by Gasteiger charge is -2.14. The molecule has 1 unspecified atom stereocenters. The lowest BCUT2D eigenvalue weighted by atomic mass is 10.0. The Bertz CT molecular complexity index is 434. The Balaban J connectivity index is 2.38. The van der Waals surface area contributed by atoms with Gasteiger partial charge in [0.25, 0.3) is 0 Å². The SMILES string of the molecule is CCC(CNC(=O)Nc1ccc(I)cc1)CC(=O)O. The molecule has 1 aromatic rings. The monoisotopic (exact) mass is 376 g/mol. The van der Waals surface area contributed by atoms with E-state index in [0.717, 1.165) is 9.99 Å². The van der Waals surface area contributed by atoms with Gasteiger partial charge in [0.2, 0.25) is 0 Å². The van der Waals surface area contributed by atoms with Crippen LogP contribution in [0.3, 0.4) is 0 Å². The van der Waals surface area contributed by atoms with E-state index in [4.69, 9.17) is 5.11 Å². The number of anilines is 1. The van der Waals surface area contributed by atoms with E-state index in [-0.39, 0.29) is 18.4 Å². The van der Waals surface area contributed by atoms with E-state index >= 15 is 0 Å². The number of halogens is 1. The van der Waals surface area contributed by atoms with Crippen LogP contribution in [0.15, 0.2) is 24.3 Å². The summed E-state index contributed by atoms with van der Waals surface area (Å²) in [6.45, 7) is 2.27. The Hall–Kier alpha value is -1.31. The summed E-state index contributed by atoms with van der Waals surface area (Å²) >= 11 is 2.19. The molecule has 1 rings (SSSR count). The number of urea groups is 1. The van der Waals surface area contributed by atoms with Crippen molar-refractivity contribution in [2.24, 2.45) is 5.92 Å². The maximum Gasteiger partial charge on any atom is 0.319 e. The van der Waals surface area contributed by atoms with Gasteiger partial charge in [0.05, 0.1) is 0 Å². The number of rotatable bonds is 6. The van der Waals surface area contributed by atoms with Crippen LogP contribution in [0.1, 0.15) is 19.8 Å². The van der Waals surface area contributed by atoms with Crippen molar-refractivity contribution < 1.29 is 14.7 Å². The van der Waals surface area contributed by atoms with E-state index in [9.17, 15) is 9.59 Å². The highest BCUT2D eigenvalue weighted by Gasteiger charge is 2.12. The minimum atomic E-state index is -0.841. The zero-order valence-corrected chi connectivity index (χ0v) is 12.8. The molecule has 0 saturated heterocycles. The van der Waals surface area contributed by atoms with Gasteiger partial charge in [-0.1, -0.05) is 13.3 Å². The van der Waals surface area contributed by atoms with Gasteiger partial charge in [-0.15, -0.1) is 0 Å². The first kappa shape index (κ1) is 15.7. The Labute approximate surface area is 125 Å². The van der Waals surface area contributed by atoms with Crippen molar-refractivity contribution in [1.82, 2.24) is 5.32 Å². The zero-order valence-electron chi connectivity index (χ0n) is 10.6. The van der Waals surface area contributed by atoms with Gasteiger partial charge in [0, 0.05) is 22.2 Å². The van der Waals surface area contributed by atoms with Crippen molar-refractivity contribution in [3.05, 3.63) is 27.8 Å². The van der Waals surface area contributed by atoms with Crippen molar-refractivity contribution in [1.29, 1.82) is 0 Å². The summed E-state index contributed by atoms with van der Waals surface area (Å²) in [6.07, 6.45) is 0.788. The van der Waals surface area contributed by atoms with E-state index < -0.39 is 5.97 Å². The van der Waals surface area contributed by atoms with E-state index in [1.165, 1.54) is 0 Å². The first-order valence-electron chi connectivity index (χ1n) is 6.03. The largest absolute Gasteiger partial charge is 0.481 e. The van der Waals surface area contributed by atoms with Gasteiger partial charge in [-0.25, -0.2) is 4.79 Å². The fourth-order valence-electron chi connectivity index (χ4n) is 1.55. The summed E-state index contributed by atoms with van der Waals surface area (Å²) in [5.41, 5.74) is 0.712. The number of carboxylic acid groups (broad SMARTS) is 1. The Kier molecular flexibility index (Phi) is 6.61. The number of hydrogen-bond acceptors (Lipinski definition) is 2. The van der Waals surface area contributed by atoms with Gasteiger partial charge in [-0.2, -0.15) is 0 Å². The van der Waals surface area contributed by atoms with E-state index in [0.29, 0.717) is 12.2 Å². The third-order valence-corrected chi connectivity index (χ3v) is 3.41. The van der Waals surface area contributed by atoms with Crippen molar-refractivity contribution in [2.45, 2.75) is 19.8 Å². The number of nitrogens with one attached hydrogen (secondary N) is 2. The summed E-state index contributed by atoms with van der Waals surface area (Å²) in [6, 6.07) is 7.11. The molecule has 3 N–H and O–H groups in total. The predicted octanol–water partition coefficient (Wildman–Crippen LogP) is 2.91. The highest BCUT2D eigenvalue weighted by Crippen LogP contribution is 2.11. The summed E-state index contributed by atoms with van der Waals surface area (Å²) < 4.78 is 1.09. The highest BCUT2D eigenvalue weighted by molar-refractivity contribution is 14.1. The molecule has 2 amide bonds. The molecule has 5 nitrogen and oxygen atoms in total. The molecule has 0 aliphatic heterocycles. The van der Waals surface area contributed by atoms with Crippen LogP contribution in [0.25, 0.3) is 0 Å². The van der Waals surface area contributed by atoms with Crippen LogP contribution in [-0.2, 0) is 4.79 Å². The Morgan fingerprint density at radius 1 is 1.32 bits per heavy atom. The molecule has 0 heterocycles. The van der Waals surface area contributed by atoms with Crippen LogP contribution in [0.4, 0.5) is 10.5 Å². The molecule has 0 aromatic heterocycles. The van der Waals surface area contributed by atoms with E-state index in [1.807, 2.05) is 31.2 Å². The number of carbonyl (C=O) groups is 2. The lowest BCUT2D eigenvalue weighted by molar-refractivity contribution is -0.138. The molecule has 1 aromatic carbocycles. The van der Waals surface area contributed by atoms with Crippen LogP contribution < -0.4 is 10.6 Å². The summed E-state index contributed by atoms with van der Waals surface area (Å²) in [5.74, 6) is -0.883. The maximum atomic E-state index is 11.6. The molecular weight excluding hydrogens is 359 g/mol. The van der Waals surface area contributed by atoms with Crippen LogP contribution in [0.5, 0.6) is 0 Å². The highest BCUT2D eigenvalue weighted by atomic mass is 127. The molecule has 0 spiro atoms. The average Bonchev–Trinajstić information content (AvgIpc) is 2.37. The number of amides is 2. The first-order chi connectivity index (χ1) is 9.01. The molecule has 0 fully saturated rings. The average molecular weight is 376 g/mol. The van der Waals surface area contributed by atoms with Gasteiger partial charge in [-0.05, 0) is 52.8 Å². The Morgan fingerprint density at radius 3 is 2.47 bits per heavy atom. The molecule has 0 bridgehead atoms. The van der Waals surface area contributed by atoms with Gasteiger partial charge in [0.1, 0.15) is 0 Å². The van der Waals surface area contributed by atoms with Gasteiger partial charge in [-0.3, -0.25) is 4.79 Å². The molecule has 0 aliphatic rings. The molecule has 1 atom stereocenters. The van der Waals surface area contributed by atoms with Crippen molar-refractivity contribution in [2.75, 3.05) is 11.9 Å². The molecule has 0 aliphatic carbocycles. The Morgan fingerprint density at radius 2 is 1.95 bits per heavy atom. The first-order valence-corrected chi connectivity index (χ1v) is 7.11. The van der Waals surface area contributed by atoms with E-state index in [2.05, 4.69) is 33.2 Å². The second-order valence-electron chi connectivity index (χ2n) is 4.21. The van der Waals surface area contributed by atoms with Crippen molar-refractivity contribution in [3.8, 4) is 0 Å².